The fourth-order valence-corrected chi connectivity index (χ4v) is 4.79. The summed E-state index contributed by atoms with van der Waals surface area (Å²) >= 11 is 0. The molecule has 3 aromatic rings. The zero-order chi connectivity index (χ0) is 23.7. The number of nitro benzene ring substituents is 1. The van der Waals surface area contributed by atoms with E-state index < -0.39 is 5.82 Å². The molecule has 0 N–H and O–H groups in total. The Labute approximate surface area is 197 Å². The molecule has 7 nitrogen and oxygen atoms in total. The van der Waals surface area contributed by atoms with E-state index in [9.17, 15) is 19.3 Å². The van der Waals surface area contributed by atoms with Gasteiger partial charge in [0.1, 0.15) is 11.5 Å². The van der Waals surface area contributed by atoms with Crippen molar-refractivity contribution in [2.24, 2.45) is 0 Å². The average Bonchev–Trinajstić information content (AvgIpc) is 2.87. The molecule has 5 rings (SSSR count). The number of fused-ring (bicyclic) bond motifs is 1. The quantitative estimate of drug-likeness (QED) is 0.430. The molecule has 8 heteroatoms. The minimum absolute atomic E-state index is 0.100. The van der Waals surface area contributed by atoms with Crippen molar-refractivity contribution < 1.29 is 14.1 Å². The summed E-state index contributed by atoms with van der Waals surface area (Å²) in [7, 11) is 0. The van der Waals surface area contributed by atoms with Crippen molar-refractivity contribution in [1.29, 1.82) is 0 Å². The molecule has 2 heterocycles. The van der Waals surface area contributed by atoms with Gasteiger partial charge < -0.3 is 14.7 Å². The molecule has 1 amide bonds. The van der Waals surface area contributed by atoms with Crippen LogP contribution >= 0.6 is 0 Å². The van der Waals surface area contributed by atoms with Gasteiger partial charge in [0.05, 0.1) is 4.92 Å². The Hall–Kier alpha value is -3.94. The standard InChI is InChI=1S/C26H25FN4O3/c27-22-7-3-6-20(16-22)26(32)29-14-12-28(13-15-29)23-8-9-24(31(33)34)25(17-23)30-11-10-19-4-1-2-5-21(19)18-30/h1-9,16-17H,10-15,18H2. The van der Waals surface area contributed by atoms with E-state index in [2.05, 4.69) is 21.9 Å². The van der Waals surface area contributed by atoms with E-state index in [1.54, 1.807) is 23.1 Å². The second-order valence-electron chi connectivity index (χ2n) is 8.66. The van der Waals surface area contributed by atoms with Crippen LogP contribution in [0.1, 0.15) is 21.5 Å². The number of anilines is 2. The van der Waals surface area contributed by atoms with Crippen molar-refractivity contribution >= 4 is 23.0 Å². The highest BCUT2D eigenvalue weighted by Gasteiger charge is 2.27. The van der Waals surface area contributed by atoms with E-state index >= 15 is 0 Å². The number of nitrogens with zero attached hydrogens (tertiary/aromatic N) is 4. The minimum Gasteiger partial charge on any atom is -0.368 e. The van der Waals surface area contributed by atoms with Crippen LogP contribution in [0.4, 0.5) is 21.5 Å². The van der Waals surface area contributed by atoms with Crippen LogP contribution in [0.15, 0.2) is 66.7 Å². The molecule has 0 unspecified atom stereocenters. The Morgan fingerprint density at radius 1 is 0.853 bits per heavy atom. The van der Waals surface area contributed by atoms with Gasteiger partial charge in [-0.15, -0.1) is 0 Å². The molecular weight excluding hydrogens is 435 g/mol. The van der Waals surface area contributed by atoms with Crippen LogP contribution in [0.3, 0.4) is 0 Å². The molecule has 34 heavy (non-hydrogen) atoms. The van der Waals surface area contributed by atoms with Crippen LogP contribution in [-0.4, -0.2) is 48.5 Å². The molecule has 2 aliphatic heterocycles. The van der Waals surface area contributed by atoms with Crippen molar-refractivity contribution in [3.05, 3.63) is 99.4 Å². The summed E-state index contributed by atoms with van der Waals surface area (Å²) in [6, 6.07) is 19.2. The Morgan fingerprint density at radius 2 is 1.62 bits per heavy atom. The number of hydrogen-bond acceptors (Lipinski definition) is 5. The zero-order valence-corrected chi connectivity index (χ0v) is 18.7. The van der Waals surface area contributed by atoms with Crippen molar-refractivity contribution in [1.82, 2.24) is 4.90 Å². The number of rotatable bonds is 4. The highest BCUT2D eigenvalue weighted by atomic mass is 19.1. The Morgan fingerprint density at radius 3 is 2.35 bits per heavy atom. The average molecular weight is 461 g/mol. The van der Waals surface area contributed by atoms with Crippen molar-refractivity contribution in [2.75, 3.05) is 42.5 Å². The maximum Gasteiger partial charge on any atom is 0.292 e. The van der Waals surface area contributed by atoms with Crippen molar-refractivity contribution in [3.63, 3.8) is 0 Å². The third kappa shape index (κ3) is 4.31. The molecular formula is C26H25FN4O3. The summed E-state index contributed by atoms with van der Waals surface area (Å²) < 4.78 is 13.5. The van der Waals surface area contributed by atoms with Crippen LogP contribution in [0, 0.1) is 15.9 Å². The van der Waals surface area contributed by atoms with E-state index in [4.69, 9.17) is 0 Å². The normalized spacial score (nSPS) is 15.7. The summed E-state index contributed by atoms with van der Waals surface area (Å²) in [5, 5.41) is 11.8. The molecule has 174 valence electrons. The van der Waals surface area contributed by atoms with Gasteiger partial charge in [0, 0.05) is 56.6 Å². The predicted molar refractivity (Wildman–Crippen MR) is 129 cm³/mol. The molecule has 0 radical (unpaired) electrons. The fourth-order valence-electron chi connectivity index (χ4n) is 4.79. The van der Waals surface area contributed by atoms with Gasteiger partial charge in [0.25, 0.3) is 11.6 Å². The number of nitro groups is 1. The molecule has 0 saturated carbocycles. The number of piperazine rings is 1. The van der Waals surface area contributed by atoms with Gasteiger partial charge in [-0.1, -0.05) is 30.3 Å². The summed E-state index contributed by atoms with van der Waals surface area (Å²) in [5.74, 6) is -0.612. The smallest absolute Gasteiger partial charge is 0.292 e. The van der Waals surface area contributed by atoms with Gasteiger partial charge in [-0.3, -0.25) is 14.9 Å². The molecule has 0 bridgehead atoms. The van der Waals surface area contributed by atoms with E-state index in [0.29, 0.717) is 44.0 Å². The first kappa shape index (κ1) is 21.9. The second kappa shape index (κ2) is 9.13. The Bertz CT molecular complexity index is 1240. The molecule has 1 saturated heterocycles. The number of carbonyl (C=O) groups excluding carboxylic acids is 1. The second-order valence-corrected chi connectivity index (χ2v) is 8.66. The highest BCUT2D eigenvalue weighted by molar-refractivity contribution is 5.94. The van der Waals surface area contributed by atoms with Gasteiger partial charge in [-0.25, -0.2) is 4.39 Å². The molecule has 0 aromatic heterocycles. The van der Waals surface area contributed by atoms with Crippen molar-refractivity contribution in [2.45, 2.75) is 13.0 Å². The molecule has 1 fully saturated rings. The molecule has 2 aliphatic rings. The number of amides is 1. The monoisotopic (exact) mass is 460 g/mol. The SMILES string of the molecule is O=C(c1cccc(F)c1)N1CCN(c2ccc([N+](=O)[O-])c(N3CCc4ccccc4C3)c2)CC1. The van der Waals surface area contributed by atoms with Gasteiger partial charge in [0.15, 0.2) is 0 Å². The van der Waals surface area contributed by atoms with Gasteiger partial charge in [-0.2, -0.15) is 0 Å². The number of hydrogen-bond donors (Lipinski definition) is 0. The molecule has 0 aliphatic carbocycles. The minimum atomic E-state index is -0.428. The third-order valence-corrected chi connectivity index (χ3v) is 6.63. The number of halogens is 1. The van der Waals surface area contributed by atoms with E-state index in [1.165, 1.54) is 29.3 Å². The van der Waals surface area contributed by atoms with E-state index in [-0.39, 0.29) is 16.5 Å². The van der Waals surface area contributed by atoms with Gasteiger partial charge in [-0.05, 0) is 47.9 Å². The largest absolute Gasteiger partial charge is 0.368 e. The lowest BCUT2D eigenvalue weighted by molar-refractivity contribution is -0.384. The first-order valence-corrected chi connectivity index (χ1v) is 11.4. The third-order valence-electron chi connectivity index (χ3n) is 6.63. The number of benzene rings is 3. The summed E-state index contributed by atoms with van der Waals surface area (Å²) in [4.78, 5) is 30.1. The van der Waals surface area contributed by atoms with Crippen molar-refractivity contribution in [3.8, 4) is 0 Å². The first-order valence-electron chi connectivity index (χ1n) is 11.4. The first-order chi connectivity index (χ1) is 16.5. The van der Waals surface area contributed by atoms with E-state index in [0.717, 1.165) is 18.7 Å². The van der Waals surface area contributed by atoms with Crippen LogP contribution in [0.2, 0.25) is 0 Å². The van der Waals surface area contributed by atoms with Crippen LogP contribution in [0.5, 0.6) is 0 Å². The number of carbonyl (C=O) groups is 1. The van der Waals surface area contributed by atoms with Crippen LogP contribution in [-0.2, 0) is 13.0 Å². The topological polar surface area (TPSA) is 69.9 Å². The molecule has 0 atom stereocenters. The zero-order valence-electron chi connectivity index (χ0n) is 18.7. The summed E-state index contributed by atoms with van der Waals surface area (Å²) in [5.41, 5.74) is 4.45. The lowest BCUT2D eigenvalue weighted by atomic mass is 9.99. The highest BCUT2D eigenvalue weighted by Crippen LogP contribution is 2.35. The summed E-state index contributed by atoms with van der Waals surface area (Å²) in [6.45, 7) is 3.55. The Balaban J connectivity index is 1.33. The maximum atomic E-state index is 13.5. The summed E-state index contributed by atoms with van der Waals surface area (Å²) in [6.07, 6.45) is 0.846. The molecule has 3 aromatic carbocycles. The molecule has 0 spiro atoms. The van der Waals surface area contributed by atoms with Crippen LogP contribution in [0.25, 0.3) is 0 Å². The van der Waals surface area contributed by atoms with E-state index in [1.807, 2.05) is 18.2 Å². The predicted octanol–water partition coefficient (Wildman–Crippen LogP) is 4.26. The Kier molecular flexibility index (Phi) is 5.88. The van der Waals surface area contributed by atoms with Gasteiger partial charge >= 0.3 is 0 Å². The van der Waals surface area contributed by atoms with Crippen LogP contribution < -0.4 is 9.80 Å². The lowest BCUT2D eigenvalue weighted by Gasteiger charge is -2.37. The maximum absolute atomic E-state index is 13.5. The fraction of sp³-hybridized carbons (Fsp3) is 0.269. The van der Waals surface area contributed by atoms with Gasteiger partial charge in [0.2, 0.25) is 0 Å². The lowest BCUT2D eigenvalue weighted by Crippen LogP contribution is -2.48.